The maximum Gasteiger partial charge on any atom is 0.345 e. The summed E-state index contributed by atoms with van der Waals surface area (Å²) in [6, 6.07) is 25.0. The molecule has 0 radical (unpaired) electrons. The average Bonchev–Trinajstić information content (AvgIpc) is 3.30. The Hall–Kier alpha value is -3.75. The number of hydrogen-bond acceptors (Lipinski definition) is 5. The Morgan fingerprint density at radius 3 is 2.35 bits per heavy atom. The summed E-state index contributed by atoms with van der Waals surface area (Å²) in [6.07, 6.45) is 3.05. The van der Waals surface area contributed by atoms with Crippen molar-refractivity contribution >= 4 is 42.8 Å². The van der Waals surface area contributed by atoms with Crippen molar-refractivity contribution < 1.29 is 12.8 Å². The highest BCUT2D eigenvalue weighted by Crippen LogP contribution is 2.27. The van der Waals surface area contributed by atoms with Crippen LogP contribution < -0.4 is 5.63 Å². The number of aromatic nitrogens is 2. The maximum atomic E-state index is 13.3. The highest BCUT2D eigenvalue weighted by molar-refractivity contribution is 9.10. The topological polar surface area (TPSA) is 82.2 Å². The van der Waals surface area contributed by atoms with Gasteiger partial charge < -0.3 is 4.42 Å². The molecule has 5 aromatic rings. The molecule has 0 spiro atoms. The lowest BCUT2D eigenvalue weighted by atomic mass is 10.1. The van der Waals surface area contributed by atoms with Crippen molar-refractivity contribution in [1.29, 1.82) is 0 Å². The van der Waals surface area contributed by atoms with Crippen LogP contribution in [0.2, 0.25) is 0 Å². The zero-order valence-electron chi connectivity index (χ0n) is 17.6. The van der Waals surface area contributed by atoms with Gasteiger partial charge in [-0.05, 0) is 48.0 Å². The molecule has 0 N–H and O–H groups in total. The van der Waals surface area contributed by atoms with Crippen LogP contribution in [-0.2, 0) is 9.84 Å². The first-order valence-electron chi connectivity index (χ1n) is 10.3. The Bertz CT molecular complexity index is 1690. The molecule has 2 heterocycles. The number of rotatable bonds is 5. The smallest absolute Gasteiger partial charge is 0.345 e. The van der Waals surface area contributed by atoms with Crippen LogP contribution in [0.1, 0.15) is 5.56 Å². The molecule has 34 heavy (non-hydrogen) atoms. The van der Waals surface area contributed by atoms with Gasteiger partial charge in [-0.1, -0.05) is 64.5 Å². The Morgan fingerprint density at radius 2 is 1.62 bits per heavy atom. The first-order chi connectivity index (χ1) is 16.4. The van der Waals surface area contributed by atoms with Gasteiger partial charge in [0.15, 0.2) is 0 Å². The molecule has 3 aromatic carbocycles. The fourth-order valence-corrected chi connectivity index (χ4v) is 5.03. The lowest BCUT2D eigenvalue weighted by molar-refractivity contribution is 0.563. The van der Waals surface area contributed by atoms with E-state index >= 15 is 0 Å². The zero-order valence-corrected chi connectivity index (χ0v) is 20.0. The molecule has 5 rings (SSSR count). The summed E-state index contributed by atoms with van der Waals surface area (Å²) in [5, 5.41) is 1.61. The van der Waals surface area contributed by atoms with E-state index in [1.807, 2.05) is 30.3 Å². The summed E-state index contributed by atoms with van der Waals surface area (Å²) in [6.45, 7) is 0. The lowest BCUT2D eigenvalue weighted by Crippen LogP contribution is -2.06. The molecule has 0 amide bonds. The first kappa shape index (κ1) is 22.1. The normalized spacial score (nSPS) is 11.9. The molecule has 0 saturated heterocycles. The second kappa shape index (κ2) is 8.89. The summed E-state index contributed by atoms with van der Waals surface area (Å²) in [5.41, 5.74) is 1.54. The van der Waals surface area contributed by atoms with Crippen LogP contribution in [0, 0.1) is 0 Å². The lowest BCUT2D eigenvalue weighted by Gasteiger charge is -2.06. The minimum atomic E-state index is -3.96. The highest BCUT2D eigenvalue weighted by atomic mass is 79.9. The third-order valence-corrected chi connectivity index (χ3v) is 6.96. The van der Waals surface area contributed by atoms with E-state index in [2.05, 4.69) is 20.9 Å². The first-order valence-corrected chi connectivity index (χ1v) is 12.6. The molecule has 0 fully saturated rings. The zero-order chi connectivity index (χ0) is 23.7. The van der Waals surface area contributed by atoms with Crippen molar-refractivity contribution in [2.45, 2.75) is 5.16 Å². The van der Waals surface area contributed by atoms with Crippen LogP contribution in [0.4, 0.5) is 0 Å². The van der Waals surface area contributed by atoms with Gasteiger partial charge in [0.25, 0.3) is 0 Å². The molecule has 0 bridgehead atoms. The molecule has 6 nitrogen and oxygen atoms in total. The quantitative estimate of drug-likeness (QED) is 0.265. The minimum absolute atomic E-state index is 0.170. The van der Waals surface area contributed by atoms with E-state index in [4.69, 9.17) is 4.42 Å². The average molecular weight is 533 g/mol. The van der Waals surface area contributed by atoms with Crippen LogP contribution in [-0.4, -0.2) is 18.0 Å². The van der Waals surface area contributed by atoms with Crippen LogP contribution >= 0.6 is 15.9 Å². The number of halogens is 1. The van der Waals surface area contributed by atoms with E-state index in [-0.39, 0.29) is 16.4 Å². The van der Waals surface area contributed by atoms with Gasteiger partial charge in [0, 0.05) is 27.2 Å². The predicted octanol–water partition coefficient (Wildman–Crippen LogP) is 5.85. The molecule has 0 aliphatic rings. The molecule has 168 valence electrons. The molecule has 0 aliphatic heterocycles. The van der Waals surface area contributed by atoms with Crippen molar-refractivity contribution in [3.63, 3.8) is 0 Å². The van der Waals surface area contributed by atoms with Crippen LogP contribution in [0.25, 0.3) is 34.0 Å². The summed E-state index contributed by atoms with van der Waals surface area (Å²) >= 11 is 3.41. The van der Waals surface area contributed by atoms with E-state index in [9.17, 15) is 13.2 Å². The second-order valence-corrected chi connectivity index (χ2v) is 10.1. The molecular weight excluding hydrogens is 516 g/mol. The number of nitrogens with zero attached hydrogens (tertiary/aromatic N) is 2. The third kappa shape index (κ3) is 4.37. The maximum absolute atomic E-state index is 13.3. The van der Waals surface area contributed by atoms with E-state index in [1.165, 1.54) is 16.8 Å². The predicted molar refractivity (Wildman–Crippen MR) is 135 cm³/mol. The van der Waals surface area contributed by atoms with E-state index in [1.54, 1.807) is 54.6 Å². The van der Waals surface area contributed by atoms with E-state index in [0.29, 0.717) is 16.7 Å². The number of hydrogen-bond donors (Lipinski definition) is 0. The summed E-state index contributed by atoms with van der Waals surface area (Å²) < 4.78 is 34.4. The van der Waals surface area contributed by atoms with Crippen LogP contribution in [0.3, 0.4) is 0 Å². The molecule has 0 unspecified atom stereocenters. The Labute approximate surface area is 203 Å². The third-order valence-electron chi connectivity index (χ3n) is 5.17. The van der Waals surface area contributed by atoms with Gasteiger partial charge in [0.05, 0.1) is 11.3 Å². The molecule has 0 saturated carbocycles. The Kier molecular flexibility index (Phi) is 5.77. The Morgan fingerprint density at radius 1 is 0.912 bits per heavy atom. The van der Waals surface area contributed by atoms with E-state index in [0.717, 1.165) is 15.4 Å². The summed E-state index contributed by atoms with van der Waals surface area (Å²) in [7, 11) is -3.96. The fraction of sp³-hybridized carbons (Fsp3) is 0. The highest BCUT2D eigenvalue weighted by Gasteiger charge is 2.23. The largest absolute Gasteiger partial charge is 0.422 e. The number of sulfone groups is 1. The van der Waals surface area contributed by atoms with Crippen LogP contribution in [0.15, 0.2) is 115 Å². The number of imidazole rings is 1. The van der Waals surface area contributed by atoms with Gasteiger partial charge in [-0.25, -0.2) is 18.2 Å². The van der Waals surface area contributed by atoms with Gasteiger partial charge in [-0.15, -0.1) is 0 Å². The molecular formula is C26H17BrN2O4S. The van der Waals surface area contributed by atoms with Crippen molar-refractivity contribution in [2.24, 2.45) is 0 Å². The fourth-order valence-electron chi connectivity index (χ4n) is 3.53. The number of fused-ring (bicyclic) bond motifs is 1. The molecule has 0 aliphatic carbocycles. The monoisotopic (exact) mass is 532 g/mol. The SMILES string of the molecule is O=c1oc2ccc(Br)cc2cc1-c1cn(-c2ccccc2)c(S(=O)(=O)/C=C/c2ccccc2)n1. The van der Waals surface area contributed by atoms with Crippen LogP contribution in [0.5, 0.6) is 0 Å². The minimum Gasteiger partial charge on any atom is -0.422 e. The molecule has 8 heteroatoms. The van der Waals surface area contributed by atoms with Gasteiger partial charge in [-0.3, -0.25) is 4.57 Å². The van der Waals surface area contributed by atoms with Gasteiger partial charge >= 0.3 is 5.63 Å². The molecule has 0 atom stereocenters. The molecule has 2 aromatic heterocycles. The van der Waals surface area contributed by atoms with Crippen molar-refractivity contribution in [3.8, 4) is 16.9 Å². The second-order valence-electron chi connectivity index (χ2n) is 7.50. The summed E-state index contributed by atoms with van der Waals surface area (Å²) in [5.74, 6) is 0. The Balaban J connectivity index is 1.68. The standard InChI is InChI=1S/C26H17BrN2O4S/c27-20-11-12-24-19(15-20)16-22(25(30)33-24)23-17-29(21-9-5-2-6-10-21)26(28-23)34(31,32)14-13-18-7-3-1-4-8-18/h1-17H/b14-13+. The van der Waals surface area contributed by atoms with Crippen molar-refractivity contribution in [3.05, 3.63) is 117 Å². The van der Waals surface area contributed by atoms with Crippen molar-refractivity contribution in [2.75, 3.05) is 0 Å². The number of benzene rings is 3. The summed E-state index contributed by atoms with van der Waals surface area (Å²) in [4.78, 5) is 17.1. The van der Waals surface area contributed by atoms with Gasteiger partial charge in [-0.2, -0.15) is 0 Å². The van der Waals surface area contributed by atoms with Crippen molar-refractivity contribution in [1.82, 2.24) is 9.55 Å². The number of para-hydroxylation sites is 1. The van der Waals surface area contributed by atoms with Gasteiger partial charge in [0.2, 0.25) is 15.0 Å². The van der Waals surface area contributed by atoms with Gasteiger partial charge in [0.1, 0.15) is 5.58 Å². The van der Waals surface area contributed by atoms with E-state index < -0.39 is 15.5 Å².